The van der Waals surface area contributed by atoms with Crippen molar-refractivity contribution < 1.29 is 85.8 Å². The van der Waals surface area contributed by atoms with Crippen LogP contribution in [0.1, 0.15) is 148 Å². The van der Waals surface area contributed by atoms with Crippen molar-refractivity contribution in [3.05, 3.63) is 240 Å². The molecule has 19 nitrogen and oxygen atoms in total. The van der Waals surface area contributed by atoms with Crippen LogP contribution in [-0.4, -0.2) is 170 Å². The summed E-state index contributed by atoms with van der Waals surface area (Å²) in [6.45, 7) is 13.9. The van der Waals surface area contributed by atoms with Crippen molar-refractivity contribution in [2.45, 2.75) is 104 Å². The average molecular weight is 1810 g/mol. The number of unbranched alkanes of at least 4 members (excludes halogenated alkanes) is 6. The number of oxazole rings is 2. The summed E-state index contributed by atoms with van der Waals surface area (Å²) in [4.78, 5) is 57.2. The third-order valence-electron chi connectivity index (χ3n) is 21.4. The molecule has 6 aromatic heterocycles. The number of terminal acetylenes is 1. The molecule has 0 fully saturated rings. The third kappa shape index (κ3) is 25.1. The zero-order valence-electron chi connectivity index (χ0n) is 69.6. The molecular formula is C95H120Br3N12O7S+. The number of ether oxygens (including phenoxy) is 3. The van der Waals surface area contributed by atoms with E-state index in [1.165, 1.54) is 73.5 Å². The molecule has 0 atom stereocenters. The van der Waals surface area contributed by atoms with Crippen LogP contribution >= 0.6 is 28.3 Å². The van der Waals surface area contributed by atoms with Crippen LogP contribution in [0.2, 0.25) is 0 Å². The van der Waals surface area contributed by atoms with Gasteiger partial charge in [-0.2, -0.15) is 9.97 Å². The van der Waals surface area contributed by atoms with Gasteiger partial charge in [0.1, 0.15) is 11.1 Å². The lowest BCUT2D eigenvalue weighted by Gasteiger charge is -2.35. The van der Waals surface area contributed by atoms with Crippen molar-refractivity contribution in [3.63, 3.8) is 0 Å². The molecule has 0 radical (unpaired) electrons. The predicted molar refractivity (Wildman–Crippen MR) is 488 cm³/mol. The number of rotatable bonds is 34. The fourth-order valence-electron chi connectivity index (χ4n) is 15.2. The van der Waals surface area contributed by atoms with Gasteiger partial charge in [-0.3, -0.25) is 14.6 Å². The number of anilines is 4. The molecule has 0 saturated heterocycles. The molecule has 14 rings (SSSR count). The molecule has 0 bridgehead atoms. The first-order chi connectivity index (χ1) is 55.9. The van der Waals surface area contributed by atoms with Gasteiger partial charge in [0.2, 0.25) is 11.8 Å². The van der Waals surface area contributed by atoms with Gasteiger partial charge < -0.3 is 85.2 Å². The second kappa shape index (κ2) is 44.8. The zero-order chi connectivity index (χ0) is 80.6. The molecule has 0 amide bonds. The molecule has 23 heteroatoms. The molecule has 5 aromatic carbocycles. The van der Waals surface area contributed by atoms with Crippen molar-refractivity contribution in [3.8, 4) is 12.5 Å². The second-order valence-corrected chi connectivity index (χ2v) is 32.5. The predicted octanol–water partition coefficient (Wildman–Crippen LogP) is 15.6. The quantitative estimate of drug-likeness (QED) is 0.0161. The summed E-state index contributed by atoms with van der Waals surface area (Å²) >= 11 is 1.65. The Morgan fingerprint density at radius 3 is 1.80 bits per heavy atom. The van der Waals surface area contributed by atoms with Crippen LogP contribution in [0.25, 0.3) is 78.4 Å². The van der Waals surface area contributed by atoms with E-state index in [1.54, 1.807) is 30.8 Å². The number of methoxy groups -OCH3 is 1. The number of halogens is 3. The van der Waals surface area contributed by atoms with Gasteiger partial charge in [0.25, 0.3) is 0 Å². The summed E-state index contributed by atoms with van der Waals surface area (Å²) in [5.74, 6) is 1.58. The molecular weight excluding hydrogens is 1690 g/mol. The number of hydrogen-bond donors (Lipinski definition) is 0. The highest BCUT2D eigenvalue weighted by atomic mass is 79.9. The number of carbonyl (C=O) groups is 2. The number of aromatic nitrogens is 6. The van der Waals surface area contributed by atoms with Crippen molar-refractivity contribution in [2.24, 2.45) is 0 Å². The average Bonchev–Trinajstić information content (AvgIpc) is 1.19. The van der Waals surface area contributed by atoms with Crippen LogP contribution in [0.5, 0.6) is 0 Å². The molecule has 0 unspecified atom stereocenters. The SMILES string of the molecule is Br.C#COC(=O)CCC[N+](C)(C)CCCCN1c2ccccc2C(=Cc2nc3ncccc3o2)c2ccccc21.CCCC[N+](C)(C)CCCCCCN1C(OC)=CC(=CC=Cc2nc3ccncc3s2)c2ccccc21.CCOC(=O)CCC[N+](C)(C)CCCCN1C=CC(=Cc2nc3ncc4ccccc4c3o2)c2ccccc21.[Br-].[Br-].[HH].[HH].[HH].[HH]. The topological polar surface area (TPSA) is 175 Å². The van der Waals surface area contributed by atoms with Gasteiger partial charge in [-0.15, -0.1) is 28.3 Å². The first-order valence-electron chi connectivity index (χ1n) is 40.7. The first-order valence-corrected chi connectivity index (χ1v) is 41.5. The van der Waals surface area contributed by atoms with Crippen molar-refractivity contribution in [2.75, 3.05) is 130 Å². The van der Waals surface area contributed by atoms with Crippen LogP contribution in [-0.2, 0) is 23.8 Å². The number of hydrogen-bond acceptors (Lipinski definition) is 17. The summed E-state index contributed by atoms with van der Waals surface area (Å²) in [5.41, 5.74) is 16.4. The molecule has 0 aliphatic carbocycles. The maximum atomic E-state index is 11.6. The zero-order valence-corrected chi connectivity index (χ0v) is 75.3. The number of thiazole rings is 1. The van der Waals surface area contributed by atoms with Crippen LogP contribution in [0.15, 0.2) is 210 Å². The Morgan fingerprint density at radius 1 is 0.568 bits per heavy atom. The number of nitrogens with zero attached hydrogens (tertiary/aromatic N) is 12. The largest absolute Gasteiger partial charge is 1.00 e. The second-order valence-electron chi connectivity index (χ2n) is 31.5. The fraction of sp³-hybridized carbons (Fsp3) is 0.347. The van der Waals surface area contributed by atoms with Crippen LogP contribution < -0.4 is 48.7 Å². The Bertz CT molecular complexity index is 5290. The summed E-state index contributed by atoms with van der Waals surface area (Å²) in [6, 6.07) is 47.9. The Morgan fingerprint density at radius 2 is 1.14 bits per heavy atom. The van der Waals surface area contributed by atoms with Gasteiger partial charge in [0, 0.05) is 137 Å². The molecule has 0 spiro atoms. The fourth-order valence-corrected chi connectivity index (χ4v) is 16.1. The minimum absolute atomic E-state index is 0. The maximum absolute atomic E-state index is 11.6. The van der Waals surface area contributed by atoms with Crippen LogP contribution in [0.3, 0.4) is 0 Å². The van der Waals surface area contributed by atoms with Crippen LogP contribution in [0.4, 0.5) is 22.7 Å². The van der Waals surface area contributed by atoms with Gasteiger partial charge >= 0.3 is 11.9 Å². The molecule has 0 saturated carbocycles. The molecule has 3 aliphatic heterocycles. The maximum Gasteiger partial charge on any atom is 0.319 e. The highest BCUT2D eigenvalue weighted by Crippen LogP contribution is 2.46. The van der Waals surface area contributed by atoms with Crippen LogP contribution in [0, 0.1) is 12.5 Å². The van der Waals surface area contributed by atoms with E-state index in [1.807, 2.05) is 80.0 Å². The third-order valence-corrected chi connectivity index (χ3v) is 22.4. The standard InChI is InChI=1S/C32H33N4O3.C32H37N4O3.C31H41N4OS.3BrH.4H2/c1-4-38-31(37)18-12-22-36(2,3)21-10-9-20-35-27-15-7-5-13-24(27)26(25-14-6-8-16-28(25)35)23-30-34-32-29(39-30)17-11-19-33-32;1-4-38-30(37)16-11-21-36(2,3)20-10-9-18-35-19-17-24(26-13-7-8-15-28(26)35)22-29-34-32-31(39-29)27-14-6-5-12-25(27)23-33-32;1-5-6-21-35(2,3)22-12-8-7-11-20-34-28-16-10-9-15-26(28)25(23-31(34)36-4)14-13-17-30-33-27-18-19-32-24-29(27)37-30;;;;;;;/h1,5-8,11,13-17,19,23H,9-10,12,18,20-22H2,2-3H3;5-8,12-15,17,19,22-23H,4,9-11,16,18,20-21H2,1-3H3;9-10,13-19,23-24H,5-8,11-12,20-22H2,1-4H3;7*1H/q3*+1;;;;;;;/p-2. The minimum Gasteiger partial charge on any atom is -1.00 e. The number of para-hydroxylation sites is 4. The number of carbonyl (C=O) groups excluding carboxylic acids is 2. The number of quaternary nitrogens is 3. The molecule has 3 aliphatic rings. The Kier molecular flexibility index (Phi) is 34.9. The normalized spacial score (nSPS) is 13.6. The van der Waals surface area contributed by atoms with E-state index >= 15 is 0 Å². The Balaban J connectivity index is 0.000000316. The molecule has 0 N–H and O–H groups in total. The highest BCUT2D eigenvalue weighted by Gasteiger charge is 2.29. The number of fused-ring (bicyclic) bond motifs is 9. The first kappa shape index (κ1) is 92.0. The van der Waals surface area contributed by atoms with Gasteiger partial charge in [-0.1, -0.05) is 135 Å². The summed E-state index contributed by atoms with van der Waals surface area (Å²) in [7, 11) is 15.4. The number of allylic oxidation sites excluding steroid dienone is 6. The van der Waals surface area contributed by atoms with Gasteiger partial charge in [0.05, 0.1) is 124 Å². The van der Waals surface area contributed by atoms with Gasteiger partial charge in [0.15, 0.2) is 28.3 Å². The van der Waals surface area contributed by atoms with Gasteiger partial charge in [-0.25, -0.2) is 15.0 Å². The monoisotopic (exact) mass is 1810 g/mol. The Hall–Kier alpha value is -9.90. The molecule has 9 heterocycles. The Labute approximate surface area is 737 Å². The number of benzene rings is 5. The number of esters is 2. The highest BCUT2D eigenvalue weighted by molar-refractivity contribution is 8.93. The van der Waals surface area contributed by atoms with Crippen molar-refractivity contribution >= 4 is 141 Å². The van der Waals surface area contributed by atoms with E-state index in [4.69, 9.17) is 24.7 Å². The van der Waals surface area contributed by atoms with Gasteiger partial charge in [-0.05, 0) is 130 Å². The lowest BCUT2D eigenvalue weighted by Crippen LogP contribution is -3.00. The lowest BCUT2D eigenvalue weighted by atomic mass is 9.89. The van der Waals surface area contributed by atoms with E-state index in [-0.39, 0.29) is 68.6 Å². The summed E-state index contributed by atoms with van der Waals surface area (Å²) < 4.78 is 31.7. The summed E-state index contributed by atoms with van der Waals surface area (Å²) in [5, 5.41) is 3.04. The smallest absolute Gasteiger partial charge is 0.319 e. The number of pyridine rings is 3. The molecule has 11 aromatic rings. The molecule has 628 valence electrons. The van der Waals surface area contributed by atoms with E-state index in [9.17, 15) is 9.59 Å². The summed E-state index contributed by atoms with van der Waals surface area (Å²) in [6.07, 6.45) is 45.3. The van der Waals surface area contributed by atoms with E-state index < -0.39 is 0 Å². The van der Waals surface area contributed by atoms with E-state index in [0.29, 0.717) is 48.1 Å². The van der Waals surface area contributed by atoms with Crippen molar-refractivity contribution in [1.29, 1.82) is 0 Å². The van der Waals surface area contributed by atoms with E-state index in [0.717, 1.165) is 175 Å². The van der Waals surface area contributed by atoms with E-state index in [2.05, 4.69) is 232 Å². The van der Waals surface area contributed by atoms with Crippen molar-refractivity contribution in [1.82, 2.24) is 29.9 Å². The lowest BCUT2D eigenvalue weighted by molar-refractivity contribution is -0.890. The molecule has 118 heavy (non-hydrogen) atoms. The minimum atomic E-state index is -0.332.